The first-order chi connectivity index (χ1) is 12.7. The third kappa shape index (κ3) is 10.6. The molecule has 0 aromatic carbocycles. The summed E-state index contributed by atoms with van der Waals surface area (Å²) in [5.41, 5.74) is 0.563. The van der Waals surface area contributed by atoms with Crippen molar-refractivity contribution in [3.05, 3.63) is 17.5 Å². The van der Waals surface area contributed by atoms with E-state index in [9.17, 15) is 4.79 Å². The Bertz CT molecular complexity index is 588. The molecule has 0 aliphatic carbocycles. The highest BCUT2D eigenvalue weighted by atomic mass is 16.6. The Morgan fingerprint density at radius 1 is 1.22 bits per heavy atom. The second-order valence-electron chi connectivity index (χ2n) is 7.98. The second kappa shape index (κ2) is 11.6. The van der Waals surface area contributed by atoms with E-state index in [1.807, 2.05) is 26.8 Å². The topological polar surface area (TPSA) is 88.8 Å². The Hall–Kier alpha value is -2.05. The maximum atomic E-state index is 11.6. The lowest BCUT2D eigenvalue weighted by Gasteiger charge is -2.19. The number of nitrogens with one attached hydrogen (secondary N) is 2. The standard InChI is InChI=1S/C20H36N4O3/c1-15(2)17-13-16(27-24-17)14-23-19(21-6)22-12-10-8-7-9-11-18(25)26-20(3,4)5/h13,15H,7-12,14H2,1-6H3,(H2,21,22,23). The van der Waals surface area contributed by atoms with E-state index in [1.54, 1.807) is 7.05 Å². The van der Waals surface area contributed by atoms with Crippen LogP contribution in [0.15, 0.2) is 15.6 Å². The first-order valence-corrected chi connectivity index (χ1v) is 9.83. The van der Waals surface area contributed by atoms with Gasteiger partial charge >= 0.3 is 5.97 Å². The van der Waals surface area contributed by atoms with Gasteiger partial charge in [0.2, 0.25) is 0 Å². The third-order valence-electron chi connectivity index (χ3n) is 3.84. The van der Waals surface area contributed by atoms with Crippen molar-refractivity contribution in [3.63, 3.8) is 0 Å². The summed E-state index contributed by atoms with van der Waals surface area (Å²) in [6.07, 6.45) is 4.46. The number of aromatic nitrogens is 1. The molecule has 1 heterocycles. The van der Waals surface area contributed by atoms with Crippen LogP contribution in [0.25, 0.3) is 0 Å². The molecule has 27 heavy (non-hydrogen) atoms. The fourth-order valence-corrected chi connectivity index (χ4v) is 2.42. The van der Waals surface area contributed by atoms with Gasteiger partial charge in [0.15, 0.2) is 11.7 Å². The molecule has 0 unspecified atom stereocenters. The van der Waals surface area contributed by atoms with Gasteiger partial charge in [-0.3, -0.25) is 9.79 Å². The molecule has 0 saturated carbocycles. The smallest absolute Gasteiger partial charge is 0.306 e. The summed E-state index contributed by atoms with van der Waals surface area (Å²) in [4.78, 5) is 15.8. The number of hydrogen-bond acceptors (Lipinski definition) is 5. The molecule has 1 aromatic heterocycles. The van der Waals surface area contributed by atoms with Crippen LogP contribution < -0.4 is 10.6 Å². The number of guanidine groups is 1. The molecule has 0 aliphatic heterocycles. The Balaban J connectivity index is 2.11. The van der Waals surface area contributed by atoms with E-state index in [2.05, 4.69) is 34.6 Å². The van der Waals surface area contributed by atoms with Crippen molar-refractivity contribution in [2.24, 2.45) is 4.99 Å². The summed E-state index contributed by atoms with van der Waals surface area (Å²) in [6.45, 7) is 11.2. The van der Waals surface area contributed by atoms with Crippen molar-refractivity contribution >= 4 is 11.9 Å². The highest BCUT2D eigenvalue weighted by molar-refractivity contribution is 5.79. The SMILES string of the molecule is CN=C(NCCCCCCC(=O)OC(C)(C)C)NCc1cc(C(C)C)no1. The van der Waals surface area contributed by atoms with E-state index < -0.39 is 5.60 Å². The zero-order chi connectivity index (χ0) is 20.3. The maximum Gasteiger partial charge on any atom is 0.306 e. The molecule has 1 rings (SSSR count). The first-order valence-electron chi connectivity index (χ1n) is 9.83. The van der Waals surface area contributed by atoms with Crippen LogP contribution in [0.3, 0.4) is 0 Å². The lowest BCUT2D eigenvalue weighted by Crippen LogP contribution is -2.37. The highest BCUT2D eigenvalue weighted by Crippen LogP contribution is 2.13. The maximum absolute atomic E-state index is 11.6. The molecule has 154 valence electrons. The second-order valence-corrected chi connectivity index (χ2v) is 7.98. The van der Waals surface area contributed by atoms with Crippen LogP contribution in [-0.2, 0) is 16.1 Å². The van der Waals surface area contributed by atoms with E-state index in [0.29, 0.717) is 18.9 Å². The largest absolute Gasteiger partial charge is 0.460 e. The summed E-state index contributed by atoms with van der Waals surface area (Å²) in [5.74, 6) is 1.78. The number of aliphatic imine (C=N–C) groups is 1. The van der Waals surface area contributed by atoms with E-state index in [1.165, 1.54) is 0 Å². The highest BCUT2D eigenvalue weighted by Gasteiger charge is 2.15. The van der Waals surface area contributed by atoms with Gasteiger partial charge in [-0.15, -0.1) is 0 Å². The molecule has 0 amide bonds. The molecule has 0 saturated heterocycles. The number of hydrogen-bond donors (Lipinski definition) is 2. The van der Waals surface area contributed by atoms with Crippen LogP contribution in [0.2, 0.25) is 0 Å². The van der Waals surface area contributed by atoms with Gasteiger partial charge in [0.25, 0.3) is 0 Å². The van der Waals surface area contributed by atoms with Gasteiger partial charge < -0.3 is 19.9 Å². The van der Waals surface area contributed by atoms with Gasteiger partial charge in [-0.25, -0.2) is 0 Å². The van der Waals surface area contributed by atoms with Crippen LogP contribution in [0.4, 0.5) is 0 Å². The van der Waals surface area contributed by atoms with E-state index in [4.69, 9.17) is 9.26 Å². The Labute approximate surface area is 163 Å². The van der Waals surface area contributed by atoms with Gasteiger partial charge in [0.1, 0.15) is 5.60 Å². The number of carbonyl (C=O) groups excluding carboxylic acids is 1. The molecule has 7 nitrogen and oxygen atoms in total. The summed E-state index contributed by atoms with van der Waals surface area (Å²) in [7, 11) is 1.75. The van der Waals surface area contributed by atoms with Crippen molar-refractivity contribution in [2.75, 3.05) is 13.6 Å². The Kier molecular flexibility index (Phi) is 9.89. The minimum atomic E-state index is -0.397. The third-order valence-corrected chi connectivity index (χ3v) is 3.84. The van der Waals surface area contributed by atoms with Crippen molar-refractivity contribution in [2.45, 2.75) is 84.8 Å². The van der Waals surface area contributed by atoms with Gasteiger partial charge in [0, 0.05) is 26.1 Å². The van der Waals surface area contributed by atoms with Gasteiger partial charge in [-0.05, 0) is 39.5 Å². The predicted molar refractivity (Wildman–Crippen MR) is 108 cm³/mol. The molecule has 1 aromatic rings. The minimum absolute atomic E-state index is 0.113. The van der Waals surface area contributed by atoms with Crippen LogP contribution in [-0.4, -0.2) is 36.3 Å². The average molecular weight is 381 g/mol. The zero-order valence-corrected chi connectivity index (χ0v) is 17.7. The van der Waals surface area contributed by atoms with Crippen molar-refractivity contribution in [1.82, 2.24) is 15.8 Å². The molecule has 0 bridgehead atoms. The van der Waals surface area contributed by atoms with Crippen LogP contribution >= 0.6 is 0 Å². The number of carbonyl (C=O) groups is 1. The number of ether oxygens (including phenoxy) is 1. The first kappa shape index (κ1) is 23.0. The molecular weight excluding hydrogens is 344 g/mol. The molecule has 0 atom stereocenters. The monoisotopic (exact) mass is 380 g/mol. The van der Waals surface area contributed by atoms with E-state index in [-0.39, 0.29) is 5.97 Å². The van der Waals surface area contributed by atoms with E-state index in [0.717, 1.165) is 49.6 Å². The van der Waals surface area contributed by atoms with Crippen LogP contribution in [0.5, 0.6) is 0 Å². The number of rotatable bonds is 10. The van der Waals surface area contributed by atoms with Crippen molar-refractivity contribution in [1.29, 1.82) is 0 Å². The molecular formula is C20H36N4O3. The van der Waals surface area contributed by atoms with Crippen LogP contribution in [0, 0.1) is 0 Å². The Morgan fingerprint density at radius 3 is 2.52 bits per heavy atom. The number of nitrogens with zero attached hydrogens (tertiary/aromatic N) is 2. The molecule has 0 spiro atoms. The van der Waals surface area contributed by atoms with E-state index >= 15 is 0 Å². The normalized spacial score (nSPS) is 12.3. The predicted octanol–water partition coefficient (Wildman–Crippen LogP) is 3.76. The number of unbranched alkanes of at least 4 members (excludes halogenated alkanes) is 3. The fourth-order valence-electron chi connectivity index (χ4n) is 2.42. The molecule has 0 aliphatic rings. The summed E-state index contributed by atoms with van der Waals surface area (Å²) >= 11 is 0. The zero-order valence-electron chi connectivity index (χ0n) is 17.7. The summed E-state index contributed by atoms with van der Waals surface area (Å²) < 4.78 is 10.6. The fraction of sp³-hybridized carbons (Fsp3) is 0.750. The van der Waals surface area contributed by atoms with Crippen molar-refractivity contribution < 1.29 is 14.1 Å². The average Bonchev–Trinajstić information content (AvgIpc) is 3.04. The van der Waals surface area contributed by atoms with Gasteiger partial charge in [-0.1, -0.05) is 31.8 Å². The minimum Gasteiger partial charge on any atom is -0.460 e. The lowest BCUT2D eigenvalue weighted by molar-refractivity contribution is -0.154. The van der Waals surface area contributed by atoms with Crippen molar-refractivity contribution in [3.8, 4) is 0 Å². The molecule has 0 fully saturated rings. The summed E-state index contributed by atoms with van der Waals surface area (Å²) in [5, 5.41) is 10.6. The lowest BCUT2D eigenvalue weighted by atomic mass is 10.1. The molecule has 0 radical (unpaired) electrons. The summed E-state index contributed by atoms with van der Waals surface area (Å²) in [6, 6.07) is 1.97. The molecule has 7 heteroatoms. The number of esters is 1. The molecule has 2 N–H and O–H groups in total. The Morgan fingerprint density at radius 2 is 1.93 bits per heavy atom. The van der Waals surface area contributed by atoms with Crippen LogP contribution in [0.1, 0.15) is 84.1 Å². The quantitative estimate of drug-likeness (QED) is 0.278. The van der Waals surface area contributed by atoms with Gasteiger partial charge in [0.05, 0.1) is 12.2 Å². The van der Waals surface area contributed by atoms with Gasteiger partial charge in [-0.2, -0.15) is 0 Å².